The Morgan fingerprint density at radius 3 is 2.86 bits per heavy atom. The molecule has 0 amide bonds. The Morgan fingerprint density at radius 2 is 2.57 bits per heavy atom. The van der Waals surface area contributed by atoms with Crippen LogP contribution >= 0.6 is 0 Å². The molecule has 0 spiro atoms. The first-order valence-corrected chi connectivity index (χ1v) is 2.47. The van der Waals surface area contributed by atoms with E-state index in [1.807, 2.05) is 0 Å². The maximum Gasteiger partial charge on any atom is 0.0633 e. The molecule has 0 aromatic carbocycles. The van der Waals surface area contributed by atoms with Crippen LogP contribution in [0.5, 0.6) is 0 Å². The van der Waals surface area contributed by atoms with Crippen LogP contribution in [0.3, 0.4) is 0 Å². The summed E-state index contributed by atoms with van der Waals surface area (Å²) in [5.74, 6) is 5.10. The molecule has 1 unspecified atom stereocenters. The van der Waals surface area contributed by atoms with Gasteiger partial charge in [-0.15, -0.1) is 0 Å². The van der Waals surface area contributed by atoms with Crippen LogP contribution in [0.15, 0.2) is 0 Å². The minimum atomic E-state index is 0.403. The molecule has 0 saturated carbocycles. The van der Waals surface area contributed by atoms with Crippen molar-refractivity contribution < 1.29 is 4.74 Å². The Kier molecular flexibility index (Phi) is 1.62. The van der Waals surface area contributed by atoms with E-state index in [-0.39, 0.29) is 0 Å². The molecule has 1 saturated heterocycles. The van der Waals surface area contributed by atoms with Gasteiger partial charge in [-0.3, -0.25) is 11.3 Å². The molecule has 42 valence electrons. The van der Waals surface area contributed by atoms with E-state index >= 15 is 0 Å². The lowest BCUT2D eigenvalue weighted by Gasteiger charge is -2.00. The predicted octanol–water partition coefficient (Wildman–Crippen LogP) is -0.761. The van der Waals surface area contributed by atoms with Gasteiger partial charge in [-0.1, -0.05) is 0 Å². The number of hydrazine groups is 1. The molecule has 3 N–H and O–H groups in total. The summed E-state index contributed by atoms with van der Waals surface area (Å²) in [6.07, 6.45) is 1.05. The summed E-state index contributed by atoms with van der Waals surface area (Å²) < 4.78 is 5.01. The molecule has 7 heavy (non-hydrogen) atoms. The lowest BCUT2D eigenvalue weighted by Crippen LogP contribution is -2.34. The van der Waals surface area contributed by atoms with Gasteiger partial charge in [0.25, 0.3) is 0 Å². The van der Waals surface area contributed by atoms with Gasteiger partial charge in [0.2, 0.25) is 0 Å². The van der Waals surface area contributed by atoms with Crippen molar-refractivity contribution >= 4 is 0 Å². The van der Waals surface area contributed by atoms with Crippen molar-refractivity contribution in [1.82, 2.24) is 5.43 Å². The van der Waals surface area contributed by atoms with Gasteiger partial charge >= 0.3 is 0 Å². The van der Waals surface area contributed by atoms with Crippen LogP contribution in [0.1, 0.15) is 6.42 Å². The molecule has 0 aromatic heterocycles. The van der Waals surface area contributed by atoms with Crippen molar-refractivity contribution in [2.75, 3.05) is 13.2 Å². The minimum Gasteiger partial charge on any atom is -0.380 e. The summed E-state index contributed by atoms with van der Waals surface area (Å²) in [5.41, 5.74) is 2.64. The van der Waals surface area contributed by atoms with Gasteiger partial charge in [0.15, 0.2) is 0 Å². The summed E-state index contributed by atoms with van der Waals surface area (Å²) in [7, 11) is 0. The van der Waals surface area contributed by atoms with Crippen LogP contribution in [0.25, 0.3) is 0 Å². The van der Waals surface area contributed by atoms with Gasteiger partial charge in [-0.25, -0.2) is 0 Å². The zero-order valence-electron chi connectivity index (χ0n) is 4.18. The van der Waals surface area contributed by atoms with Crippen LogP contribution < -0.4 is 11.3 Å². The number of hydrogen-bond donors (Lipinski definition) is 2. The molecular weight excluding hydrogens is 92.1 g/mol. The van der Waals surface area contributed by atoms with Gasteiger partial charge in [-0.2, -0.15) is 0 Å². The SMILES string of the molecule is NNC1CCOC1. The molecule has 0 aromatic rings. The monoisotopic (exact) mass is 102 g/mol. The van der Waals surface area contributed by atoms with Gasteiger partial charge in [0.1, 0.15) is 0 Å². The van der Waals surface area contributed by atoms with Crippen LogP contribution in [-0.2, 0) is 4.74 Å². The molecule has 1 aliphatic heterocycles. The van der Waals surface area contributed by atoms with E-state index in [1.54, 1.807) is 0 Å². The lowest BCUT2D eigenvalue weighted by atomic mass is 10.3. The van der Waals surface area contributed by atoms with Crippen LogP contribution in [-0.4, -0.2) is 19.3 Å². The second-order valence-electron chi connectivity index (χ2n) is 1.73. The van der Waals surface area contributed by atoms with E-state index in [9.17, 15) is 0 Å². The van der Waals surface area contributed by atoms with E-state index in [2.05, 4.69) is 5.43 Å². The third kappa shape index (κ3) is 1.12. The maximum absolute atomic E-state index is 5.10. The van der Waals surface area contributed by atoms with E-state index in [1.165, 1.54) is 0 Å². The zero-order chi connectivity index (χ0) is 5.11. The third-order valence-electron chi connectivity index (χ3n) is 1.17. The number of nitrogens with one attached hydrogen (secondary N) is 1. The van der Waals surface area contributed by atoms with Crippen molar-refractivity contribution in [1.29, 1.82) is 0 Å². The minimum absolute atomic E-state index is 0.403. The van der Waals surface area contributed by atoms with E-state index in [0.717, 1.165) is 19.6 Å². The van der Waals surface area contributed by atoms with Gasteiger partial charge < -0.3 is 4.74 Å². The smallest absolute Gasteiger partial charge is 0.0633 e. The molecule has 1 atom stereocenters. The molecular formula is C4H10N2O. The van der Waals surface area contributed by atoms with E-state index in [4.69, 9.17) is 10.6 Å². The molecule has 0 radical (unpaired) electrons. The Bertz CT molecular complexity index is 51.7. The topological polar surface area (TPSA) is 47.3 Å². The highest BCUT2D eigenvalue weighted by molar-refractivity contribution is 4.66. The first-order chi connectivity index (χ1) is 3.43. The summed E-state index contributed by atoms with van der Waals surface area (Å²) in [4.78, 5) is 0. The second-order valence-corrected chi connectivity index (χ2v) is 1.73. The van der Waals surface area contributed by atoms with Crippen molar-refractivity contribution in [3.8, 4) is 0 Å². The summed E-state index contributed by atoms with van der Waals surface area (Å²) >= 11 is 0. The number of hydrogen-bond acceptors (Lipinski definition) is 3. The van der Waals surface area contributed by atoms with Crippen molar-refractivity contribution in [3.63, 3.8) is 0 Å². The van der Waals surface area contributed by atoms with Crippen LogP contribution in [0.2, 0.25) is 0 Å². The van der Waals surface area contributed by atoms with E-state index in [0.29, 0.717) is 6.04 Å². The van der Waals surface area contributed by atoms with Crippen LogP contribution in [0.4, 0.5) is 0 Å². The predicted molar refractivity (Wildman–Crippen MR) is 26.5 cm³/mol. The van der Waals surface area contributed by atoms with Gasteiger partial charge in [0, 0.05) is 12.6 Å². The summed E-state index contributed by atoms with van der Waals surface area (Å²) in [5, 5.41) is 0. The van der Waals surface area contributed by atoms with Gasteiger partial charge in [0.05, 0.1) is 6.61 Å². The fourth-order valence-electron chi connectivity index (χ4n) is 0.666. The fourth-order valence-corrected chi connectivity index (χ4v) is 0.666. The average molecular weight is 102 g/mol. The second kappa shape index (κ2) is 2.26. The number of ether oxygens (including phenoxy) is 1. The third-order valence-corrected chi connectivity index (χ3v) is 1.17. The molecule has 1 aliphatic rings. The Morgan fingerprint density at radius 1 is 1.71 bits per heavy atom. The number of rotatable bonds is 1. The molecule has 1 fully saturated rings. The molecule has 3 nitrogen and oxygen atoms in total. The van der Waals surface area contributed by atoms with Crippen molar-refractivity contribution in [2.24, 2.45) is 5.84 Å². The summed E-state index contributed by atoms with van der Waals surface area (Å²) in [6, 6.07) is 0.403. The molecule has 0 bridgehead atoms. The first-order valence-electron chi connectivity index (χ1n) is 2.47. The Labute approximate surface area is 42.8 Å². The largest absolute Gasteiger partial charge is 0.380 e. The molecule has 1 rings (SSSR count). The van der Waals surface area contributed by atoms with Crippen molar-refractivity contribution in [2.45, 2.75) is 12.5 Å². The zero-order valence-corrected chi connectivity index (χ0v) is 4.18. The van der Waals surface area contributed by atoms with E-state index < -0.39 is 0 Å². The maximum atomic E-state index is 5.10. The first kappa shape index (κ1) is 5.03. The van der Waals surface area contributed by atoms with Gasteiger partial charge in [-0.05, 0) is 6.42 Å². The highest BCUT2D eigenvalue weighted by Crippen LogP contribution is 2.00. The molecule has 3 heteroatoms. The van der Waals surface area contributed by atoms with Crippen molar-refractivity contribution in [3.05, 3.63) is 0 Å². The Hall–Kier alpha value is -0.120. The standard InChI is InChI=1S/C4H10N2O/c5-6-4-1-2-7-3-4/h4,6H,1-3,5H2. The Balaban J connectivity index is 2.14. The highest BCUT2D eigenvalue weighted by Gasteiger charge is 2.11. The van der Waals surface area contributed by atoms with Crippen LogP contribution in [0, 0.1) is 0 Å². The normalized spacial score (nSPS) is 31.3. The number of nitrogens with two attached hydrogens (primary N) is 1. The fraction of sp³-hybridized carbons (Fsp3) is 1.00. The molecule has 1 heterocycles. The average Bonchev–Trinajstić information content (AvgIpc) is 2.14. The quantitative estimate of drug-likeness (QED) is 0.338. The molecule has 0 aliphatic carbocycles. The summed E-state index contributed by atoms with van der Waals surface area (Å²) in [6.45, 7) is 1.63. The lowest BCUT2D eigenvalue weighted by molar-refractivity contribution is 0.190. The highest BCUT2D eigenvalue weighted by atomic mass is 16.5.